The van der Waals surface area contributed by atoms with E-state index < -0.39 is 59.1 Å². The number of aliphatic carboxylic acids is 1. The highest BCUT2D eigenvalue weighted by Crippen LogP contribution is 2.47. The molecule has 17 nitrogen and oxygen atoms in total. The number of carboxylic acids is 1. The molecule has 1 aromatic carbocycles. The number of rotatable bonds is 14. The van der Waals surface area contributed by atoms with E-state index in [1.54, 1.807) is 69.5 Å². The van der Waals surface area contributed by atoms with E-state index in [9.17, 15) is 19.5 Å². The second kappa shape index (κ2) is 16.4. The van der Waals surface area contributed by atoms with Crippen molar-refractivity contribution in [3.05, 3.63) is 47.5 Å². The summed E-state index contributed by atoms with van der Waals surface area (Å²) in [5, 5.41) is 13.2. The summed E-state index contributed by atoms with van der Waals surface area (Å²) < 4.78 is 32.4. The van der Waals surface area contributed by atoms with Crippen molar-refractivity contribution in [2.24, 2.45) is 0 Å². The fourth-order valence-corrected chi connectivity index (χ4v) is 6.72. The number of nitrogens with one attached hydrogen (secondary N) is 1. The van der Waals surface area contributed by atoms with E-state index in [0.717, 1.165) is 5.56 Å². The first kappa shape index (κ1) is 41.9. The van der Waals surface area contributed by atoms with Crippen molar-refractivity contribution < 1.29 is 43.2 Å². The number of halogens is 1. The molecule has 18 heteroatoms. The summed E-state index contributed by atoms with van der Waals surface area (Å²) in [5.74, 6) is -2.02. The van der Waals surface area contributed by atoms with E-state index in [0.29, 0.717) is 35.7 Å². The molecule has 2 saturated heterocycles. The van der Waals surface area contributed by atoms with Gasteiger partial charge < -0.3 is 44.7 Å². The number of hydrogen-bond acceptors (Lipinski definition) is 13. The van der Waals surface area contributed by atoms with Crippen LogP contribution in [0.4, 0.5) is 15.4 Å². The number of nitrogen functional groups attached to an aromatic ring is 1. The Morgan fingerprint density at radius 1 is 1.04 bits per heavy atom. The van der Waals surface area contributed by atoms with E-state index in [1.165, 1.54) is 6.33 Å². The first-order valence-electron chi connectivity index (χ1n) is 18.3. The monoisotopic (exact) mass is 788 g/mol. The van der Waals surface area contributed by atoms with Crippen LogP contribution in [0.2, 0.25) is 5.02 Å². The highest BCUT2D eigenvalue weighted by atomic mass is 35.5. The summed E-state index contributed by atoms with van der Waals surface area (Å²) in [4.78, 5) is 55.1. The molecule has 2 amide bonds. The molecular formula is C37H53ClN8O9. The maximum absolute atomic E-state index is 13.5. The normalized spacial score (nSPS) is 21.3. The molecule has 0 aliphatic carbocycles. The number of imidazole rings is 1. The highest BCUT2D eigenvalue weighted by molar-refractivity contribution is 6.30. The first-order chi connectivity index (χ1) is 25.6. The molecule has 2 aromatic heterocycles. The number of anilines is 1. The molecular weight excluding hydrogens is 736 g/mol. The van der Waals surface area contributed by atoms with Crippen LogP contribution in [0.3, 0.4) is 0 Å². The Kier molecular flexibility index (Phi) is 12.5. The van der Waals surface area contributed by atoms with Gasteiger partial charge in [0.2, 0.25) is 5.72 Å². The number of aromatic nitrogens is 4. The lowest BCUT2D eigenvalue weighted by Gasteiger charge is -2.32. The fourth-order valence-electron chi connectivity index (χ4n) is 6.60. The van der Waals surface area contributed by atoms with Crippen molar-refractivity contribution in [2.45, 2.75) is 109 Å². The van der Waals surface area contributed by atoms with E-state index in [2.05, 4.69) is 20.3 Å². The van der Waals surface area contributed by atoms with Crippen LogP contribution in [0.25, 0.3) is 11.2 Å². The van der Waals surface area contributed by atoms with Crippen LogP contribution in [-0.2, 0) is 40.6 Å². The molecule has 3 aromatic rings. The molecule has 4 heterocycles. The van der Waals surface area contributed by atoms with Crippen molar-refractivity contribution in [1.82, 2.24) is 34.6 Å². The van der Waals surface area contributed by atoms with E-state index >= 15 is 0 Å². The van der Waals surface area contributed by atoms with Crippen LogP contribution in [0.15, 0.2) is 36.9 Å². The molecule has 4 atom stereocenters. The van der Waals surface area contributed by atoms with E-state index in [-0.39, 0.29) is 38.5 Å². The molecule has 4 N–H and O–H groups in total. The summed E-state index contributed by atoms with van der Waals surface area (Å²) in [7, 11) is 0. The second-order valence-electron chi connectivity index (χ2n) is 16.3. The van der Waals surface area contributed by atoms with Gasteiger partial charge in [-0.1, -0.05) is 23.7 Å². The molecule has 0 saturated carbocycles. The number of ether oxygens (including phenoxy) is 5. The lowest BCUT2D eigenvalue weighted by molar-refractivity contribution is -0.205. The van der Waals surface area contributed by atoms with E-state index in [4.69, 9.17) is 41.0 Å². The Labute approximate surface area is 325 Å². The third-order valence-corrected chi connectivity index (χ3v) is 9.22. The van der Waals surface area contributed by atoms with Gasteiger partial charge in [0.05, 0.1) is 12.9 Å². The largest absolute Gasteiger partial charge is 0.480 e. The summed E-state index contributed by atoms with van der Waals surface area (Å²) in [6.45, 7) is 15.5. The average molecular weight is 789 g/mol. The number of carbonyl (C=O) groups excluding carboxylic acids is 2. The fraction of sp³-hybridized carbons (Fsp3) is 0.622. The number of nitrogens with two attached hydrogens (primary N) is 1. The topological polar surface area (TPSA) is 206 Å². The molecule has 2 fully saturated rings. The van der Waals surface area contributed by atoms with Gasteiger partial charge in [0.15, 0.2) is 17.3 Å². The molecule has 2 aliphatic heterocycles. The van der Waals surface area contributed by atoms with Crippen LogP contribution < -0.4 is 11.1 Å². The lowest BCUT2D eigenvalue weighted by atomic mass is 10.0. The number of amides is 2. The van der Waals surface area contributed by atoms with Crippen LogP contribution in [-0.4, -0.2) is 127 Å². The number of nitrogens with zero attached hydrogens (tertiary/aromatic N) is 6. The minimum Gasteiger partial charge on any atom is -0.480 e. The van der Waals surface area contributed by atoms with Crippen LogP contribution >= 0.6 is 11.6 Å². The van der Waals surface area contributed by atoms with Gasteiger partial charge in [-0.15, -0.1) is 0 Å². The van der Waals surface area contributed by atoms with Crippen LogP contribution in [0.5, 0.6) is 0 Å². The van der Waals surface area contributed by atoms with Crippen LogP contribution in [0, 0.1) is 0 Å². The van der Waals surface area contributed by atoms with Gasteiger partial charge in [0.1, 0.15) is 41.3 Å². The molecule has 302 valence electrons. The Balaban J connectivity index is 1.40. The third kappa shape index (κ3) is 10.7. The maximum Gasteiger partial charge on any atom is 0.410 e. The summed E-state index contributed by atoms with van der Waals surface area (Å²) in [6, 6.07) is 6.15. The van der Waals surface area contributed by atoms with Crippen molar-refractivity contribution in [1.29, 1.82) is 0 Å². The lowest BCUT2D eigenvalue weighted by Crippen LogP contribution is -2.50. The van der Waals surface area contributed by atoms with Crippen molar-refractivity contribution in [2.75, 3.05) is 45.1 Å². The number of alkyl carbamates (subject to hydrolysis) is 1. The minimum atomic E-state index is -1.26. The number of fused-ring (bicyclic) bond motifs is 2. The van der Waals surface area contributed by atoms with Crippen molar-refractivity contribution in [3.63, 3.8) is 0 Å². The zero-order chi connectivity index (χ0) is 40.3. The van der Waals surface area contributed by atoms with Gasteiger partial charge in [-0.25, -0.2) is 29.3 Å². The predicted molar refractivity (Wildman–Crippen MR) is 202 cm³/mol. The van der Waals surface area contributed by atoms with Gasteiger partial charge in [-0.3, -0.25) is 9.47 Å². The van der Waals surface area contributed by atoms with Gasteiger partial charge in [0, 0.05) is 37.7 Å². The van der Waals surface area contributed by atoms with Crippen LogP contribution in [0.1, 0.15) is 67.4 Å². The number of hydrogen-bond donors (Lipinski definition) is 3. The zero-order valence-corrected chi connectivity index (χ0v) is 33.5. The summed E-state index contributed by atoms with van der Waals surface area (Å²) in [5.41, 5.74) is 5.23. The standard InChI is InChI=1S/C37H53ClN8O9/c1-34(2,3)53-32(49)43-25(31(47)48)14-15-44(17-18-45(33(50)54-35(4,5)6)16-13-23-9-11-24(38)12-10-23)19-26-28-37(20-51-26,55-36(7,8)52-28)46-22-42-27-29(39)40-21-41-30(27)46/h9-12,21-22,25-26,28H,13-20H2,1-8H3,(H,43,49)(H,47,48)(H2,39,40,41)/t25-,26-,28-,37+/m1/s1. The molecule has 2 aliphatic rings. The number of carboxylic acid groups (broad SMARTS) is 1. The highest BCUT2D eigenvalue weighted by Gasteiger charge is 2.63. The third-order valence-electron chi connectivity index (χ3n) is 8.97. The SMILES string of the molecule is CC(C)(C)OC(=O)N[C@H](CCN(CCN(CCc1ccc(Cl)cc1)C(=O)OC(C)(C)C)C[C@H]1OC[C@]2(n3cnc4c(N)ncnc43)OC(C)(C)O[C@H]12)C(=O)O. The Morgan fingerprint density at radius 3 is 2.38 bits per heavy atom. The smallest absolute Gasteiger partial charge is 0.410 e. The predicted octanol–water partition coefficient (Wildman–Crippen LogP) is 4.41. The summed E-state index contributed by atoms with van der Waals surface area (Å²) >= 11 is 6.10. The van der Waals surface area contributed by atoms with Gasteiger partial charge in [-0.2, -0.15) is 0 Å². The van der Waals surface area contributed by atoms with Crippen molar-refractivity contribution >= 4 is 46.7 Å². The molecule has 0 bridgehead atoms. The van der Waals surface area contributed by atoms with Gasteiger partial charge >= 0.3 is 18.2 Å². The zero-order valence-electron chi connectivity index (χ0n) is 32.7. The molecule has 55 heavy (non-hydrogen) atoms. The van der Waals surface area contributed by atoms with Gasteiger partial charge in [-0.05, 0) is 85.9 Å². The van der Waals surface area contributed by atoms with Crippen molar-refractivity contribution in [3.8, 4) is 0 Å². The Hall–Kier alpha value is -4.29. The average Bonchev–Trinajstić information content (AvgIpc) is 3.72. The quantitative estimate of drug-likeness (QED) is 0.207. The Morgan fingerprint density at radius 2 is 1.73 bits per heavy atom. The molecule has 0 spiro atoms. The maximum atomic E-state index is 13.5. The minimum absolute atomic E-state index is 0.0134. The summed E-state index contributed by atoms with van der Waals surface area (Å²) in [6.07, 6.45) is 0.895. The second-order valence-corrected chi connectivity index (χ2v) is 16.7. The Bertz CT molecular complexity index is 1830. The van der Waals surface area contributed by atoms with Gasteiger partial charge in [0.25, 0.3) is 0 Å². The molecule has 0 unspecified atom stereocenters. The van der Waals surface area contributed by atoms with E-state index in [1.807, 2.05) is 30.9 Å². The molecule has 0 radical (unpaired) electrons. The number of benzene rings is 1. The first-order valence-corrected chi connectivity index (χ1v) is 18.6. The number of carbonyl (C=O) groups is 3. The molecule has 5 rings (SSSR count).